The highest BCUT2D eigenvalue weighted by atomic mass is 79.9. The minimum atomic E-state index is -0.745. The molecule has 1 saturated heterocycles. The van der Waals surface area contributed by atoms with Crippen molar-refractivity contribution in [3.8, 4) is 0 Å². The number of halogens is 1. The second kappa shape index (κ2) is 5.24. The van der Waals surface area contributed by atoms with Crippen molar-refractivity contribution in [3.63, 3.8) is 0 Å². The molecular formula is C10H17BrO3. The van der Waals surface area contributed by atoms with Gasteiger partial charge in [-0.1, -0.05) is 15.9 Å². The van der Waals surface area contributed by atoms with Gasteiger partial charge in [-0.2, -0.15) is 0 Å². The molecule has 1 aliphatic heterocycles. The van der Waals surface area contributed by atoms with Crippen molar-refractivity contribution in [2.45, 2.75) is 45.0 Å². The van der Waals surface area contributed by atoms with Crippen LogP contribution in [0.2, 0.25) is 0 Å². The lowest BCUT2D eigenvalue weighted by molar-refractivity contribution is -0.213. The molecule has 0 saturated carbocycles. The van der Waals surface area contributed by atoms with Gasteiger partial charge in [0, 0.05) is 6.61 Å². The van der Waals surface area contributed by atoms with Crippen molar-refractivity contribution in [1.82, 2.24) is 0 Å². The number of alkyl halides is 1. The Hall–Kier alpha value is 0.0700. The van der Waals surface area contributed by atoms with Gasteiger partial charge in [-0.3, -0.25) is 4.79 Å². The highest BCUT2D eigenvalue weighted by molar-refractivity contribution is 9.09. The van der Waals surface area contributed by atoms with Gasteiger partial charge in [0.05, 0.1) is 5.33 Å². The summed E-state index contributed by atoms with van der Waals surface area (Å²) in [6.07, 6.45) is 2.89. The Morgan fingerprint density at radius 2 is 2.29 bits per heavy atom. The normalized spacial score (nSPS) is 23.5. The number of ether oxygens (including phenoxy) is 2. The molecular weight excluding hydrogens is 248 g/mol. The third kappa shape index (κ3) is 3.33. The van der Waals surface area contributed by atoms with Crippen LogP contribution in [0.4, 0.5) is 0 Å². The van der Waals surface area contributed by atoms with E-state index in [2.05, 4.69) is 15.9 Å². The van der Waals surface area contributed by atoms with Gasteiger partial charge in [-0.05, 0) is 33.1 Å². The number of Topliss-reactive ketones (excluding diaryl/α,β-unsaturated/α-hetero) is 1. The van der Waals surface area contributed by atoms with Gasteiger partial charge in [0.25, 0.3) is 0 Å². The van der Waals surface area contributed by atoms with Crippen LogP contribution in [0, 0.1) is 0 Å². The zero-order valence-corrected chi connectivity index (χ0v) is 10.3. The van der Waals surface area contributed by atoms with Gasteiger partial charge < -0.3 is 9.47 Å². The van der Waals surface area contributed by atoms with Gasteiger partial charge in [-0.25, -0.2) is 0 Å². The Balaban J connectivity index is 2.44. The van der Waals surface area contributed by atoms with E-state index in [4.69, 9.17) is 9.47 Å². The van der Waals surface area contributed by atoms with Gasteiger partial charge in [0.15, 0.2) is 12.1 Å². The van der Waals surface area contributed by atoms with Crippen LogP contribution < -0.4 is 0 Å². The number of hydrogen-bond donors (Lipinski definition) is 0. The Bertz CT molecular complexity index is 198. The topological polar surface area (TPSA) is 35.5 Å². The highest BCUT2D eigenvalue weighted by Gasteiger charge is 2.31. The quantitative estimate of drug-likeness (QED) is 0.731. The summed E-state index contributed by atoms with van der Waals surface area (Å²) >= 11 is 3.15. The van der Waals surface area contributed by atoms with Crippen LogP contribution in [-0.4, -0.2) is 29.6 Å². The van der Waals surface area contributed by atoms with Crippen molar-refractivity contribution in [1.29, 1.82) is 0 Å². The lowest BCUT2D eigenvalue weighted by Gasteiger charge is -2.31. The Morgan fingerprint density at radius 3 is 2.79 bits per heavy atom. The van der Waals surface area contributed by atoms with Gasteiger partial charge in [0.1, 0.15) is 5.60 Å². The Kier molecular flexibility index (Phi) is 4.54. The van der Waals surface area contributed by atoms with E-state index in [1.165, 1.54) is 0 Å². The van der Waals surface area contributed by atoms with E-state index < -0.39 is 5.60 Å². The first-order chi connectivity index (χ1) is 6.56. The fraction of sp³-hybridized carbons (Fsp3) is 0.900. The summed E-state index contributed by atoms with van der Waals surface area (Å²) in [6.45, 7) is 4.31. The van der Waals surface area contributed by atoms with Crippen molar-refractivity contribution < 1.29 is 14.3 Å². The first-order valence-electron chi connectivity index (χ1n) is 4.95. The van der Waals surface area contributed by atoms with Crippen molar-refractivity contribution in [3.05, 3.63) is 0 Å². The second-order valence-electron chi connectivity index (χ2n) is 3.98. The first-order valence-corrected chi connectivity index (χ1v) is 6.07. The first kappa shape index (κ1) is 12.1. The molecule has 14 heavy (non-hydrogen) atoms. The predicted octanol–water partition coefficient (Wildman–Crippen LogP) is 2.27. The smallest absolute Gasteiger partial charge is 0.174 e. The highest BCUT2D eigenvalue weighted by Crippen LogP contribution is 2.21. The molecule has 82 valence electrons. The molecule has 1 rings (SSSR count). The average Bonchev–Trinajstić information content (AvgIpc) is 2.17. The van der Waals surface area contributed by atoms with E-state index in [0.717, 1.165) is 25.9 Å². The predicted molar refractivity (Wildman–Crippen MR) is 57.6 cm³/mol. The summed E-state index contributed by atoms with van der Waals surface area (Å²) in [5.74, 6) is 0.0478. The molecule has 0 aliphatic carbocycles. The van der Waals surface area contributed by atoms with E-state index in [1.807, 2.05) is 0 Å². The summed E-state index contributed by atoms with van der Waals surface area (Å²) in [7, 11) is 0. The molecule has 1 heterocycles. The summed E-state index contributed by atoms with van der Waals surface area (Å²) in [5, 5.41) is 0.326. The van der Waals surface area contributed by atoms with Crippen molar-refractivity contribution in [2.75, 3.05) is 11.9 Å². The van der Waals surface area contributed by atoms with Crippen LogP contribution in [0.25, 0.3) is 0 Å². The molecule has 1 atom stereocenters. The summed E-state index contributed by atoms with van der Waals surface area (Å²) < 4.78 is 11.0. The molecule has 3 nitrogen and oxygen atoms in total. The molecule has 1 unspecified atom stereocenters. The number of ketones is 1. The zero-order chi connectivity index (χ0) is 10.6. The maximum Gasteiger partial charge on any atom is 0.174 e. The molecule has 0 bridgehead atoms. The molecule has 0 amide bonds. The number of carbonyl (C=O) groups is 1. The third-order valence-electron chi connectivity index (χ3n) is 2.36. The number of hydrogen-bond acceptors (Lipinski definition) is 3. The molecule has 0 radical (unpaired) electrons. The Morgan fingerprint density at radius 1 is 1.57 bits per heavy atom. The van der Waals surface area contributed by atoms with Gasteiger partial charge in [0.2, 0.25) is 0 Å². The standard InChI is InChI=1S/C10H17BrO3/c1-10(2,8(12)7-11)14-9-5-3-4-6-13-9/h9H,3-7H2,1-2H3. The SMILES string of the molecule is CC(C)(OC1CCCCO1)C(=O)CBr. The van der Waals surface area contributed by atoms with E-state index >= 15 is 0 Å². The minimum Gasteiger partial charge on any atom is -0.353 e. The molecule has 0 aromatic carbocycles. The summed E-state index contributed by atoms with van der Waals surface area (Å²) in [6, 6.07) is 0. The van der Waals surface area contributed by atoms with Crippen molar-refractivity contribution >= 4 is 21.7 Å². The fourth-order valence-corrected chi connectivity index (χ4v) is 2.03. The minimum absolute atomic E-state index is 0.0478. The number of carbonyl (C=O) groups excluding carboxylic acids is 1. The van der Waals surface area contributed by atoms with Crippen LogP contribution in [0.1, 0.15) is 33.1 Å². The monoisotopic (exact) mass is 264 g/mol. The lowest BCUT2D eigenvalue weighted by atomic mass is 10.0. The van der Waals surface area contributed by atoms with Crippen LogP contribution in [-0.2, 0) is 14.3 Å². The largest absolute Gasteiger partial charge is 0.353 e. The molecule has 0 aromatic rings. The van der Waals surface area contributed by atoms with Crippen LogP contribution >= 0.6 is 15.9 Å². The molecule has 0 N–H and O–H groups in total. The van der Waals surface area contributed by atoms with E-state index in [9.17, 15) is 4.79 Å². The lowest BCUT2D eigenvalue weighted by Crippen LogP contribution is -2.41. The Labute approximate surface area is 93.3 Å². The van der Waals surface area contributed by atoms with E-state index in [0.29, 0.717) is 5.33 Å². The van der Waals surface area contributed by atoms with Crippen LogP contribution in [0.5, 0.6) is 0 Å². The van der Waals surface area contributed by atoms with Gasteiger partial charge >= 0.3 is 0 Å². The molecule has 1 fully saturated rings. The van der Waals surface area contributed by atoms with Gasteiger partial charge in [-0.15, -0.1) is 0 Å². The second-order valence-corrected chi connectivity index (χ2v) is 4.54. The van der Waals surface area contributed by atoms with E-state index in [-0.39, 0.29) is 12.1 Å². The molecule has 1 aliphatic rings. The average molecular weight is 265 g/mol. The molecule has 4 heteroatoms. The summed E-state index contributed by atoms with van der Waals surface area (Å²) in [4.78, 5) is 11.5. The van der Waals surface area contributed by atoms with Crippen molar-refractivity contribution in [2.24, 2.45) is 0 Å². The van der Waals surface area contributed by atoms with Crippen LogP contribution in [0.3, 0.4) is 0 Å². The summed E-state index contributed by atoms with van der Waals surface area (Å²) in [5.41, 5.74) is -0.745. The maximum absolute atomic E-state index is 11.5. The molecule has 0 spiro atoms. The zero-order valence-electron chi connectivity index (χ0n) is 8.72. The van der Waals surface area contributed by atoms with E-state index in [1.54, 1.807) is 13.8 Å². The fourth-order valence-electron chi connectivity index (χ4n) is 1.36. The molecule has 0 aromatic heterocycles. The maximum atomic E-state index is 11.5. The number of rotatable bonds is 4. The third-order valence-corrected chi connectivity index (χ3v) is 2.87. The van der Waals surface area contributed by atoms with Crippen LogP contribution in [0.15, 0.2) is 0 Å².